The van der Waals surface area contributed by atoms with Gasteiger partial charge in [0.25, 0.3) is 5.91 Å². The Hall–Kier alpha value is -4.06. The highest BCUT2D eigenvalue weighted by Gasteiger charge is 2.48. The molecule has 3 heterocycles. The smallest absolute Gasteiger partial charge is 0.417 e. The minimum absolute atomic E-state index is 0.135. The summed E-state index contributed by atoms with van der Waals surface area (Å²) in [5, 5.41) is 2.60. The zero-order chi connectivity index (χ0) is 31.5. The lowest BCUT2D eigenvalue weighted by Gasteiger charge is -2.25. The van der Waals surface area contributed by atoms with Crippen molar-refractivity contribution in [3.05, 3.63) is 69.6 Å². The van der Waals surface area contributed by atoms with Crippen LogP contribution in [0.3, 0.4) is 0 Å². The van der Waals surface area contributed by atoms with Gasteiger partial charge in [0.15, 0.2) is 6.29 Å². The van der Waals surface area contributed by atoms with Gasteiger partial charge in [-0.15, -0.1) is 0 Å². The maximum Gasteiger partial charge on any atom is 0.417 e. The Balaban J connectivity index is 1.19. The number of alkyl halides is 3. The van der Waals surface area contributed by atoms with Crippen molar-refractivity contribution in [2.75, 3.05) is 19.8 Å². The number of halogens is 3. The normalized spacial score (nSPS) is 20.7. The fourth-order valence-corrected chi connectivity index (χ4v) is 5.59. The van der Waals surface area contributed by atoms with E-state index in [1.165, 1.54) is 17.0 Å². The maximum atomic E-state index is 13.5. The number of hydrogen-bond donors (Lipinski definition) is 1. The average Bonchev–Trinajstić information content (AvgIpc) is 3.21. The summed E-state index contributed by atoms with van der Waals surface area (Å²) in [7, 11) is 0. The molecule has 2 fully saturated rings. The van der Waals surface area contributed by atoms with Crippen molar-refractivity contribution in [3.8, 4) is 11.5 Å². The molecular weight excluding hydrogens is 581 g/mol. The fourth-order valence-electron chi connectivity index (χ4n) is 5.59. The summed E-state index contributed by atoms with van der Waals surface area (Å²) in [5.74, 6) is 0.573. The number of nitrogens with one attached hydrogen (secondary N) is 1. The van der Waals surface area contributed by atoms with E-state index in [0.29, 0.717) is 61.0 Å². The van der Waals surface area contributed by atoms with Crippen molar-refractivity contribution < 1.29 is 41.4 Å². The van der Waals surface area contributed by atoms with Gasteiger partial charge in [0.05, 0.1) is 18.8 Å². The third kappa shape index (κ3) is 6.54. The van der Waals surface area contributed by atoms with Gasteiger partial charge in [-0.05, 0) is 68.9 Å². The Morgan fingerprint density at radius 3 is 2.52 bits per heavy atom. The highest BCUT2D eigenvalue weighted by atomic mass is 19.4. The van der Waals surface area contributed by atoms with E-state index < -0.39 is 28.9 Å². The lowest BCUT2D eigenvalue weighted by atomic mass is 9.92. The molecule has 12 heteroatoms. The van der Waals surface area contributed by atoms with Crippen molar-refractivity contribution in [3.63, 3.8) is 0 Å². The summed E-state index contributed by atoms with van der Waals surface area (Å²) in [5.41, 5.74) is -2.49. The number of unbranched alkanes of at least 4 members (excludes halogenated alkanes) is 1. The molecule has 2 saturated heterocycles. The number of amides is 3. The summed E-state index contributed by atoms with van der Waals surface area (Å²) >= 11 is 0. The Morgan fingerprint density at radius 1 is 1.07 bits per heavy atom. The molecule has 44 heavy (non-hydrogen) atoms. The molecule has 0 spiro atoms. The molecule has 3 amide bonds. The molecule has 236 valence electrons. The van der Waals surface area contributed by atoms with E-state index in [1.54, 1.807) is 31.2 Å². The summed E-state index contributed by atoms with van der Waals surface area (Å²) in [6.45, 7) is 4.52. The quantitative estimate of drug-likeness (QED) is 0.153. The van der Waals surface area contributed by atoms with Gasteiger partial charge >= 0.3 is 17.8 Å². The highest BCUT2D eigenvalue weighted by molar-refractivity contribution is 6.07. The summed E-state index contributed by atoms with van der Waals surface area (Å²) in [6, 6.07) is 9.67. The van der Waals surface area contributed by atoms with Gasteiger partial charge in [-0.3, -0.25) is 9.69 Å². The molecule has 9 nitrogen and oxygen atoms in total. The first-order valence-electron chi connectivity index (χ1n) is 14.8. The van der Waals surface area contributed by atoms with Gasteiger partial charge in [0.1, 0.15) is 22.6 Å². The van der Waals surface area contributed by atoms with E-state index in [1.807, 2.05) is 6.92 Å². The lowest BCUT2D eigenvalue weighted by Crippen LogP contribution is -2.41. The van der Waals surface area contributed by atoms with Gasteiger partial charge in [0.2, 0.25) is 0 Å². The molecule has 2 aromatic carbocycles. The van der Waals surface area contributed by atoms with Gasteiger partial charge in [-0.2, -0.15) is 13.2 Å². The van der Waals surface area contributed by atoms with Crippen LogP contribution in [0.1, 0.15) is 69.1 Å². The first kappa shape index (κ1) is 31.4. The first-order chi connectivity index (χ1) is 21.0. The van der Waals surface area contributed by atoms with Crippen molar-refractivity contribution in [1.82, 2.24) is 10.2 Å². The van der Waals surface area contributed by atoms with Gasteiger partial charge in [-0.25, -0.2) is 9.59 Å². The first-order valence-corrected chi connectivity index (χ1v) is 14.8. The van der Waals surface area contributed by atoms with E-state index in [0.717, 1.165) is 19.3 Å². The predicted molar refractivity (Wildman–Crippen MR) is 154 cm³/mol. The van der Waals surface area contributed by atoms with Crippen LogP contribution in [0.15, 0.2) is 51.7 Å². The molecule has 0 radical (unpaired) electrons. The molecule has 1 aromatic heterocycles. The largest absolute Gasteiger partial charge is 0.493 e. The van der Waals surface area contributed by atoms with Crippen LogP contribution in [0, 0.1) is 0 Å². The van der Waals surface area contributed by atoms with Gasteiger partial charge < -0.3 is 23.9 Å². The molecular formula is C32H35F3N2O7. The summed E-state index contributed by atoms with van der Waals surface area (Å²) in [4.78, 5) is 39.2. The van der Waals surface area contributed by atoms with Crippen LogP contribution in [0.25, 0.3) is 11.0 Å². The van der Waals surface area contributed by atoms with Crippen molar-refractivity contribution in [2.45, 2.75) is 76.8 Å². The third-order valence-corrected chi connectivity index (χ3v) is 7.92. The Labute approximate surface area is 252 Å². The molecule has 5 rings (SSSR count). The van der Waals surface area contributed by atoms with Crippen LogP contribution in [-0.4, -0.2) is 42.9 Å². The SMILES string of the molecule is CCCc1c(OCCCCN2C(=O)NC(C)(c3ccc(OC4CCCCO4)cc3)C2=O)ccc2c(C(F)(F)F)cc(=O)oc12. The number of urea groups is 1. The minimum atomic E-state index is -4.71. The van der Waals surface area contributed by atoms with Crippen LogP contribution in [0.4, 0.5) is 18.0 Å². The maximum absolute atomic E-state index is 13.5. The van der Waals surface area contributed by atoms with E-state index in [-0.39, 0.29) is 36.3 Å². The number of ether oxygens (including phenoxy) is 3. The van der Waals surface area contributed by atoms with Crippen LogP contribution in [0.2, 0.25) is 0 Å². The second-order valence-corrected chi connectivity index (χ2v) is 11.2. The standard InChI is InChI=1S/C32H35F3N2O7/c1-3-8-23-25(15-14-22-24(32(33,34)35)19-26(38)44-28(22)23)41-17-7-5-16-37-29(39)31(2,36-30(37)40)20-10-12-21(13-11-20)43-27-9-4-6-18-42-27/h10-15,19,27H,3-9,16-18H2,1-2H3,(H,36,40). The van der Waals surface area contributed by atoms with Crippen molar-refractivity contribution in [1.29, 1.82) is 0 Å². The third-order valence-electron chi connectivity index (χ3n) is 7.92. The van der Waals surface area contributed by atoms with Crippen LogP contribution in [-0.2, 0) is 27.7 Å². The second kappa shape index (κ2) is 12.9. The number of rotatable bonds is 11. The number of fused-ring (bicyclic) bond motifs is 1. The Morgan fingerprint density at radius 2 is 1.84 bits per heavy atom. The van der Waals surface area contributed by atoms with Crippen molar-refractivity contribution in [2.24, 2.45) is 0 Å². The number of carbonyl (C=O) groups is 2. The minimum Gasteiger partial charge on any atom is -0.493 e. The molecule has 2 atom stereocenters. The number of hydrogen-bond acceptors (Lipinski definition) is 7. The second-order valence-electron chi connectivity index (χ2n) is 11.2. The molecule has 2 aliphatic rings. The van der Waals surface area contributed by atoms with Gasteiger partial charge in [-0.1, -0.05) is 25.5 Å². The molecule has 1 N–H and O–H groups in total. The number of nitrogens with zero attached hydrogens (tertiary/aromatic N) is 1. The van der Waals surface area contributed by atoms with Crippen LogP contribution >= 0.6 is 0 Å². The Kier molecular flexibility index (Phi) is 9.19. The Bertz CT molecular complexity index is 1570. The zero-order valence-corrected chi connectivity index (χ0v) is 24.6. The number of benzene rings is 2. The average molecular weight is 617 g/mol. The summed E-state index contributed by atoms with van der Waals surface area (Å²) in [6.07, 6.45) is -0.299. The molecule has 0 aliphatic carbocycles. The number of imide groups is 1. The zero-order valence-electron chi connectivity index (χ0n) is 24.6. The topological polar surface area (TPSA) is 107 Å². The van der Waals surface area contributed by atoms with Crippen LogP contribution < -0.4 is 20.4 Å². The predicted octanol–water partition coefficient (Wildman–Crippen LogP) is 6.30. The summed E-state index contributed by atoms with van der Waals surface area (Å²) < 4.78 is 63.2. The molecule has 0 bridgehead atoms. The van der Waals surface area contributed by atoms with E-state index in [9.17, 15) is 27.6 Å². The fraction of sp³-hybridized carbons (Fsp3) is 0.469. The number of carbonyl (C=O) groups excluding carboxylic acids is 2. The van der Waals surface area contributed by atoms with Crippen LogP contribution in [0.5, 0.6) is 11.5 Å². The van der Waals surface area contributed by atoms with E-state index in [4.69, 9.17) is 18.6 Å². The highest BCUT2D eigenvalue weighted by Crippen LogP contribution is 2.38. The van der Waals surface area contributed by atoms with E-state index in [2.05, 4.69) is 5.32 Å². The van der Waals surface area contributed by atoms with Gasteiger partial charge in [0, 0.05) is 30.0 Å². The number of aryl methyl sites for hydroxylation is 1. The van der Waals surface area contributed by atoms with Crippen molar-refractivity contribution >= 4 is 22.9 Å². The molecule has 2 unspecified atom stereocenters. The monoisotopic (exact) mass is 616 g/mol. The van der Waals surface area contributed by atoms with E-state index >= 15 is 0 Å². The molecule has 3 aromatic rings. The molecule has 0 saturated carbocycles. The molecule has 2 aliphatic heterocycles. The lowest BCUT2D eigenvalue weighted by molar-refractivity contribution is -0.136.